The van der Waals surface area contributed by atoms with Crippen LogP contribution in [0.4, 0.5) is 0 Å². The number of carbonyl (C=O) groups is 2. The lowest BCUT2D eigenvalue weighted by Gasteiger charge is -2.31. The summed E-state index contributed by atoms with van der Waals surface area (Å²) in [7, 11) is 4.20. The molecule has 0 bridgehead atoms. The molecule has 0 aliphatic rings. The van der Waals surface area contributed by atoms with E-state index in [2.05, 4.69) is 46.7 Å². The van der Waals surface area contributed by atoms with E-state index in [4.69, 9.17) is 9.57 Å². The van der Waals surface area contributed by atoms with Crippen molar-refractivity contribution in [2.75, 3.05) is 33.9 Å². The summed E-state index contributed by atoms with van der Waals surface area (Å²) in [6, 6.07) is 0.121. The second-order valence-electron chi connectivity index (χ2n) is 17.8. The monoisotopic (exact) mass is 805 g/mol. The summed E-state index contributed by atoms with van der Waals surface area (Å²) in [6.07, 6.45) is 46.7. The Bertz CT molecular complexity index is 877. The first kappa shape index (κ1) is 55.6. The van der Waals surface area contributed by atoms with Gasteiger partial charge in [-0.15, -0.1) is 0 Å². The van der Waals surface area contributed by atoms with Crippen LogP contribution >= 0.6 is 0 Å². The number of hydrogen-bond donors (Lipinski definition) is 0. The molecule has 2 unspecified atom stereocenters. The molecule has 0 aromatic rings. The number of esters is 1. The molecule has 0 aromatic carbocycles. The van der Waals surface area contributed by atoms with E-state index in [-0.39, 0.29) is 17.9 Å². The highest BCUT2D eigenvalue weighted by atomic mass is 16.7. The molecule has 0 rings (SSSR count). The average molecular weight is 805 g/mol. The van der Waals surface area contributed by atoms with Crippen molar-refractivity contribution >= 4 is 11.9 Å². The van der Waals surface area contributed by atoms with E-state index in [1.807, 2.05) is 11.1 Å². The first-order valence-corrected chi connectivity index (χ1v) is 25.3. The van der Waals surface area contributed by atoms with E-state index >= 15 is 0 Å². The van der Waals surface area contributed by atoms with Crippen LogP contribution in [0.3, 0.4) is 0 Å². The third-order valence-corrected chi connectivity index (χ3v) is 11.7. The molecular formula is C51H100N2O4. The normalized spacial score (nSPS) is 12.8. The number of amides is 1. The SMILES string of the molecule is CCCCCCCCCCON(C(=O)CCCCN(C)C)C(CCCCC=CC(=O)OCC(CCCCCC)CCCCCCCC)CCCCCCCCCC. The van der Waals surface area contributed by atoms with Crippen LogP contribution in [0, 0.1) is 5.92 Å². The summed E-state index contributed by atoms with van der Waals surface area (Å²) < 4.78 is 5.80. The fourth-order valence-corrected chi connectivity index (χ4v) is 7.94. The summed E-state index contributed by atoms with van der Waals surface area (Å²) in [6.45, 7) is 11.3. The van der Waals surface area contributed by atoms with Crippen molar-refractivity contribution in [1.29, 1.82) is 0 Å². The van der Waals surface area contributed by atoms with E-state index < -0.39 is 0 Å². The fraction of sp³-hybridized carbons (Fsp3) is 0.922. The molecule has 0 N–H and O–H groups in total. The molecular weight excluding hydrogens is 705 g/mol. The van der Waals surface area contributed by atoms with Crippen LogP contribution in [0.2, 0.25) is 0 Å². The van der Waals surface area contributed by atoms with Crippen LogP contribution in [0.25, 0.3) is 0 Å². The van der Waals surface area contributed by atoms with E-state index in [0.29, 0.717) is 25.6 Å². The smallest absolute Gasteiger partial charge is 0.330 e. The number of carbonyl (C=O) groups excluding carboxylic acids is 2. The molecule has 0 heterocycles. The predicted octanol–water partition coefficient (Wildman–Crippen LogP) is 15.5. The minimum absolute atomic E-state index is 0.121. The average Bonchev–Trinajstić information content (AvgIpc) is 3.20. The van der Waals surface area contributed by atoms with Gasteiger partial charge < -0.3 is 9.64 Å². The van der Waals surface area contributed by atoms with Crippen molar-refractivity contribution in [2.45, 2.75) is 265 Å². The summed E-state index contributed by atoms with van der Waals surface area (Å²) in [4.78, 5) is 35.1. The first-order valence-electron chi connectivity index (χ1n) is 25.3. The van der Waals surface area contributed by atoms with Crippen molar-refractivity contribution in [3.63, 3.8) is 0 Å². The number of ether oxygens (including phenoxy) is 1. The van der Waals surface area contributed by atoms with Crippen molar-refractivity contribution in [1.82, 2.24) is 9.96 Å². The Kier molecular flexibility index (Phi) is 43.1. The molecule has 0 aliphatic carbocycles. The highest BCUT2D eigenvalue weighted by molar-refractivity contribution is 5.81. The summed E-state index contributed by atoms with van der Waals surface area (Å²) in [5.41, 5.74) is 0. The maximum atomic E-state index is 13.8. The maximum absolute atomic E-state index is 13.8. The van der Waals surface area contributed by atoms with Crippen LogP contribution in [0.1, 0.15) is 259 Å². The predicted molar refractivity (Wildman–Crippen MR) is 248 cm³/mol. The minimum atomic E-state index is -0.190. The van der Waals surface area contributed by atoms with Crippen molar-refractivity contribution in [2.24, 2.45) is 5.92 Å². The Labute approximate surface area is 356 Å². The third-order valence-electron chi connectivity index (χ3n) is 11.7. The zero-order valence-electron chi connectivity index (χ0n) is 39.4. The topological polar surface area (TPSA) is 59.1 Å². The Morgan fingerprint density at radius 1 is 0.509 bits per heavy atom. The van der Waals surface area contributed by atoms with Crippen LogP contribution in [-0.2, 0) is 19.2 Å². The van der Waals surface area contributed by atoms with Gasteiger partial charge in [-0.3, -0.25) is 9.63 Å². The second-order valence-corrected chi connectivity index (χ2v) is 17.8. The molecule has 0 fully saturated rings. The fourth-order valence-electron chi connectivity index (χ4n) is 7.94. The maximum Gasteiger partial charge on any atom is 0.330 e. The number of unbranched alkanes of at least 4 members (excludes halogenated alkanes) is 25. The number of allylic oxidation sites excluding steroid dienone is 1. The van der Waals surface area contributed by atoms with Gasteiger partial charge in [-0.05, 0) is 84.3 Å². The molecule has 0 aliphatic heterocycles. The van der Waals surface area contributed by atoms with Gasteiger partial charge in [0.05, 0.1) is 19.3 Å². The molecule has 338 valence electrons. The second kappa shape index (κ2) is 44.2. The Balaban J connectivity index is 5.19. The van der Waals surface area contributed by atoms with Gasteiger partial charge in [0.1, 0.15) is 0 Å². The van der Waals surface area contributed by atoms with E-state index in [9.17, 15) is 9.59 Å². The molecule has 0 radical (unpaired) electrons. The van der Waals surface area contributed by atoms with Gasteiger partial charge in [0.15, 0.2) is 0 Å². The van der Waals surface area contributed by atoms with Crippen LogP contribution in [0.5, 0.6) is 0 Å². The van der Waals surface area contributed by atoms with Crippen LogP contribution in [0.15, 0.2) is 12.2 Å². The summed E-state index contributed by atoms with van der Waals surface area (Å²) in [5.74, 6) is 0.463. The van der Waals surface area contributed by atoms with Gasteiger partial charge >= 0.3 is 5.97 Å². The van der Waals surface area contributed by atoms with Gasteiger partial charge in [-0.1, -0.05) is 201 Å². The molecule has 0 spiro atoms. The van der Waals surface area contributed by atoms with Gasteiger partial charge in [-0.25, -0.2) is 9.86 Å². The lowest BCUT2D eigenvalue weighted by atomic mass is 9.95. The van der Waals surface area contributed by atoms with Gasteiger partial charge in [-0.2, -0.15) is 0 Å². The molecule has 0 aromatic heterocycles. The molecule has 0 saturated carbocycles. The Hall–Kier alpha value is -1.40. The zero-order chi connectivity index (χ0) is 41.9. The van der Waals surface area contributed by atoms with Gasteiger partial charge in [0, 0.05) is 12.5 Å². The largest absolute Gasteiger partial charge is 0.462 e. The number of rotatable bonds is 45. The number of hydroxylamine groups is 2. The quantitative estimate of drug-likeness (QED) is 0.0266. The zero-order valence-corrected chi connectivity index (χ0v) is 39.4. The minimum Gasteiger partial charge on any atom is -0.462 e. The lowest BCUT2D eigenvalue weighted by Crippen LogP contribution is -2.40. The highest BCUT2D eigenvalue weighted by Gasteiger charge is 2.24. The Morgan fingerprint density at radius 3 is 1.46 bits per heavy atom. The van der Waals surface area contributed by atoms with Gasteiger partial charge in [0.2, 0.25) is 5.91 Å². The summed E-state index contributed by atoms with van der Waals surface area (Å²) in [5, 5.41) is 1.84. The number of nitrogens with zero attached hydrogens (tertiary/aromatic N) is 2. The van der Waals surface area contributed by atoms with E-state index in [1.54, 1.807) is 6.08 Å². The van der Waals surface area contributed by atoms with E-state index in [1.165, 1.54) is 167 Å². The van der Waals surface area contributed by atoms with Crippen molar-refractivity contribution < 1.29 is 19.2 Å². The molecule has 6 nitrogen and oxygen atoms in total. The molecule has 1 amide bonds. The number of hydrogen-bond acceptors (Lipinski definition) is 5. The Morgan fingerprint density at radius 2 is 0.947 bits per heavy atom. The molecule has 0 saturated heterocycles. The summed E-state index contributed by atoms with van der Waals surface area (Å²) >= 11 is 0. The molecule has 57 heavy (non-hydrogen) atoms. The van der Waals surface area contributed by atoms with Crippen LogP contribution in [-0.4, -0.2) is 61.7 Å². The standard InChI is InChI=1S/C51H100N2O4/c1-7-11-15-19-22-24-27-33-41-49(53(50(54)43-36-37-45-52(5)6)57-46-38-30-25-23-20-16-12-8-2)42-34-28-29-35-44-51(55)56-47-48(39-31-18-14-10-4)40-32-26-21-17-13-9-3/h35,44,48-49H,7-34,36-43,45-47H2,1-6H3. The van der Waals surface area contributed by atoms with E-state index in [0.717, 1.165) is 64.3 Å². The molecule has 2 atom stereocenters. The third kappa shape index (κ3) is 38.5. The first-order chi connectivity index (χ1) is 27.9. The highest BCUT2D eigenvalue weighted by Crippen LogP contribution is 2.22. The van der Waals surface area contributed by atoms with Crippen molar-refractivity contribution in [3.05, 3.63) is 12.2 Å². The van der Waals surface area contributed by atoms with Crippen LogP contribution < -0.4 is 0 Å². The lowest BCUT2D eigenvalue weighted by molar-refractivity contribution is -0.203. The molecule has 6 heteroatoms. The van der Waals surface area contributed by atoms with Crippen molar-refractivity contribution in [3.8, 4) is 0 Å². The van der Waals surface area contributed by atoms with Gasteiger partial charge in [0.25, 0.3) is 0 Å².